The van der Waals surface area contributed by atoms with E-state index in [1.54, 1.807) is 6.20 Å². The minimum absolute atomic E-state index is 0.141. The number of carbonyl (C=O) groups excluding carboxylic acids is 1. The SMILES string of the molecule is NC1C2CCCC1CC(C(=O)NC1CCN(c3ncccc3Cl)C1)C2. The van der Waals surface area contributed by atoms with E-state index in [0.29, 0.717) is 22.9 Å². The average Bonchev–Trinajstić information content (AvgIpc) is 3.03. The molecule has 25 heavy (non-hydrogen) atoms. The molecular weight excluding hydrogens is 336 g/mol. The predicted octanol–water partition coefficient (Wildman–Crippen LogP) is 2.58. The minimum Gasteiger partial charge on any atom is -0.353 e. The maximum atomic E-state index is 12.8. The van der Waals surface area contributed by atoms with Crippen molar-refractivity contribution in [3.63, 3.8) is 0 Å². The number of amides is 1. The molecule has 2 aliphatic carbocycles. The molecule has 1 aromatic rings. The van der Waals surface area contributed by atoms with Crippen molar-refractivity contribution in [3.8, 4) is 0 Å². The van der Waals surface area contributed by atoms with Crippen LogP contribution >= 0.6 is 11.6 Å². The van der Waals surface area contributed by atoms with Crippen LogP contribution in [0.1, 0.15) is 38.5 Å². The highest BCUT2D eigenvalue weighted by molar-refractivity contribution is 6.32. The lowest BCUT2D eigenvalue weighted by molar-refractivity contribution is -0.128. The van der Waals surface area contributed by atoms with Crippen LogP contribution in [0.5, 0.6) is 0 Å². The summed E-state index contributed by atoms with van der Waals surface area (Å²) in [6.07, 6.45) is 8.29. The van der Waals surface area contributed by atoms with Crippen LogP contribution in [0.3, 0.4) is 0 Å². The van der Waals surface area contributed by atoms with Gasteiger partial charge in [0.05, 0.1) is 5.02 Å². The molecule has 1 saturated heterocycles. The Morgan fingerprint density at radius 1 is 1.28 bits per heavy atom. The Morgan fingerprint density at radius 3 is 2.76 bits per heavy atom. The van der Waals surface area contributed by atoms with Gasteiger partial charge in [-0.05, 0) is 56.1 Å². The summed E-state index contributed by atoms with van der Waals surface area (Å²) in [5.41, 5.74) is 6.35. The number of anilines is 1. The summed E-state index contributed by atoms with van der Waals surface area (Å²) in [4.78, 5) is 19.3. The molecular formula is C19H27ClN4O. The van der Waals surface area contributed by atoms with Gasteiger partial charge in [0, 0.05) is 37.3 Å². The summed E-state index contributed by atoms with van der Waals surface area (Å²) in [6, 6.07) is 4.19. The van der Waals surface area contributed by atoms with Gasteiger partial charge in [-0.15, -0.1) is 0 Å². The normalized spacial score (nSPS) is 34.8. The van der Waals surface area contributed by atoms with Gasteiger partial charge in [0.15, 0.2) is 0 Å². The van der Waals surface area contributed by atoms with Crippen molar-refractivity contribution < 1.29 is 4.79 Å². The molecule has 3 N–H and O–H groups in total. The summed E-state index contributed by atoms with van der Waals surface area (Å²) in [5.74, 6) is 2.26. The Labute approximate surface area is 154 Å². The molecule has 3 atom stereocenters. The summed E-state index contributed by atoms with van der Waals surface area (Å²) in [6.45, 7) is 1.66. The van der Waals surface area contributed by atoms with Gasteiger partial charge in [-0.3, -0.25) is 4.79 Å². The molecule has 0 radical (unpaired) electrons. The fourth-order valence-electron chi connectivity index (χ4n) is 5.00. The Balaban J connectivity index is 1.34. The molecule has 1 aliphatic heterocycles. The van der Waals surface area contributed by atoms with Gasteiger partial charge in [-0.1, -0.05) is 18.0 Å². The zero-order chi connectivity index (χ0) is 17.4. The van der Waals surface area contributed by atoms with Crippen LogP contribution in [-0.4, -0.2) is 36.1 Å². The van der Waals surface area contributed by atoms with Crippen LogP contribution in [0.2, 0.25) is 5.02 Å². The third-order valence-electron chi connectivity index (χ3n) is 6.36. The average molecular weight is 363 g/mol. The number of carbonyl (C=O) groups is 1. The largest absolute Gasteiger partial charge is 0.353 e. The van der Waals surface area contributed by atoms with Crippen LogP contribution in [0.15, 0.2) is 18.3 Å². The number of hydrogen-bond donors (Lipinski definition) is 2. The maximum absolute atomic E-state index is 12.8. The zero-order valence-corrected chi connectivity index (χ0v) is 15.3. The van der Waals surface area contributed by atoms with E-state index in [9.17, 15) is 4.79 Å². The summed E-state index contributed by atoms with van der Waals surface area (Å²) >= 11 is 6.24. The lowest BCUT2D eigenvalue weighted by Crippen LogP contribution is -2.50. The number of nitrogens with one attached hydrogen (secondary N) is 1. The first kappa shape index (κ1) is 17.1. The molecule has 2 bridgehead atoms. The summed E-state index contributed by atoms with van der Waals surface area (Å²) < 4.78 is 0. The standard InChI is InChI=1S/C19H27ClN4O/c20-16-5-2-7-22-18(16)24-8-6-15(11-24)23-19(25)14-9-12-3-1-4-13(10-14)17(12)21/h2,5,7,12-15,17H,1,3-4,6,8-11,21H2,(H,23,25). The van der Waals surface area contributed by atoms with Gasteiger partial charge < -0.3 is 16.0 Å². The number of nitrogens with two attached hydrogens (primary N) is 1. The van der Waals surface area contributed by atoms with Crippen molar-refractivity contribution in [2.24, 2.45) is 23.5 Å². The van der Waals surface area contributed by atoms with Crippen LogP contribution in [-0.2, 0) is 4.79 Å². The molecule has 6 heteroatoms. The Morgan fingerprint density at radius 2 is 2.04 bits per heavy atom. The van der Waals surface area contributed by atoms with Crippen molar-refractivity contribution in [2.75, 3.05) is 18.0 Å². The smallest absolute Gasteiger partial charge is 0.223 e. The van der Waals surface area contributed by atoms with E-state index < -0.39 is 0 Å². The first-order chi connectivity index (χ1) is 12.1. The predicted molar refractivity (Wildman–Crippen MR) is 99.5 cm³/mol. The van der Waals surface area contributed by atoms with Crippen molar-refractivity contribution in [1.82, 2.24) is 10.3 Å². The molecule has 1 aromatic heterocycles. The molecule has 3 aliphatic rings. The third-order valence-corrected chi connectivity index (χ3v) is 6.65. The van der Waals surface area contributed by atoms with E-state index >= 15 is 0 Å². The lowest BCUT2D eigenvalue weighted by atomic mass is 9.65. The van der Waals surface area contributed by atoms with E-state index in [4.69, 9.17) is 17.3 Å². The van der Waals surface area contributed by atoms with Gasteiger partial charge in [0.2, 0.25) is 5.91 Å². The van der Waals surface area contributed by atoms with Crippen LogP contribution in [0, 0.1) is 17.8 Å². The molecule has 0 spiro atoms. The van der Waals surface area contributed by atoms with E-state index in [0.717, 1.165) is 38.2 Å². The Bertz CT molecular complexity index is 626. The number of fused-ring (bicyclic) bond motifs is 2. The first-order valence-corrected chi connectivity index (χ1v) is 9.91. The van der Waals surface area contributed by atoms with Crippen molar-refractivity contribution in [3.05, 3.63) is 23.4 Å². The second-order valence-corrected chi connectivity index (χ2v) is 8.35. The van der Waals surface area contributed by atoms with E-state index in [-0.39, 0.29) is 17.9 Å². The minimum atomic E-state index is 0.141. The monoisotopic (exact) mass is 362 g/mol. The third kappa shape index (κ3) is 3.49. The molecule has 5 nitrogen and oxygen atoms in total. The highest BCUT2D eigenvalue weighted by Gasteiger charge is 2.41. The number of halogens is 1. The number of hydrogen-bond acceptors (Lipinski definition) is 4. The second kappa shape index (κ2) is 7.12. The highest BCUT2D eigenvalue weighted by atomic mass is 35.5. The van der Waals surface area contributed by atoms with Crippen molar-refractivity contribution >= 4 is 23.3 Å². The second-order valence-electron chi connectivity index (χ2n) is 7.95. The molecule has 0 aromatic carbocycles. The zero-order valence-electron chi connectivity index (χ0n) is 14.5. The number of pyridine rings is 1. The van der Waals surface area contributed by atoms with Gasteiger partial charge in [-0.25, -0.2) is 4.98 Å². The van der Waals surface area contributed by atoms with Gasteiger partial charge >= 0.3 is 0 Å². The Kier molecular flexibility index (Phi) is 4.87. The topological polar surface area (TPSA) is 71.2 Å². The van der Waals surface area contributed by atoms with E-state index in [2.05, 4.69) is 15.2 Å². The molecule has 2 saturated carbocycles. The number of aromatic nitrogens is 1. The molecule has 136 valence electrons. The number of nitrogens with zero attached hydrogens (tertiary/aromatic N) is 2. The van der Waals surface area contributed by atoms with Crippen LogP contribution < -0.4 is 16.0 Å². The van der Waals surface area contributed by atoms with E-state index in [1.165, 1.54) is 19.3 Å². The van der Waals surface area contributed by atoms with Crippen LogP contribution in [0.25, 0.3) is 0 Å². The van der Waals surface area contributed by atoms with Crippen molar-refractivity contribution in [2.45, 2.75) is 50.6 Å². The molecule has 3 fully saturated rings. The van der Waals surface area contributed by atoms with Gasteiger partial charge in [0.25, 0.3) is 0 Å². The van der Waals surface area contributed by atoms with Crippen LogP contribution in [0.4, 0.5) is 5.82 Å². The molecule has 2 heterocycles. The number of rotatable bonds is 3. The fraction of sp³-hybridized carbons (Fsp3) is 0.684. The molecule has 3 unspecified atom stereocenters. The Hall–Kier alpha value is -1.33. The summed E-state index contributed by atoms with van der Waals surface area (Å²) in [5, 5.41) is 3.95. The van der Waals surface area contributed by atoms with Gasteiger partial charge in [-0.2, -0.15) is 0 Å². The first-order valence-electron chi connectivity index (χ1n) is 9.53. The summed E-state index contributed by atoms with van der Waals surface area (Å²) in [7, 11) is 0. The maximum Gasteiger partial charge on any atom is 0.223 e. The lowest BCUT2D eigenvalue weighted by Gasteiger charge is -2.43. The highest BCUT2D eigenvalue weighted by Crippen LogP contribution is 2.42. The quantitative estimate of drug-likeness (QED) is 0.867. The van der Waals surface area contributed by atoms with E-state index in [1.807, 2.05) is 12.1 Å². The molecule has 1 amide bonds. The molecule has 4 rings (SSSR count). The van der Waals surface area contributed by atoms with Gasteiger partial charge in [0.1, 0.15) is 5.82 Å². The van der Waals surface area contributed by atoms with Crippen molar-refractivity contribution in [1.29, 1.82) is 0 Å². The fourth-order valence-corrected chi connectivity index (χ4v) is 5.24.